The Kier molecular flexibility index (Phi) is 4.32. The zero-order valence-corrected chi connectivity index (χ0v) is 12.2. The number of pyridine rings is 1. The van der Waals surface area contributed by atoms with Gasteiger partial charge in [0, 0.05) is 31.2 Å². The second-order valence-electron chi connectivity index (χ2n) is 5.60. The van der Waals surface area contributed by atoms with Crippen molar-refractivity contribution in [3.8, 4) is 0 Å². The maximum absolute atomic E-state index is 12.9. The highest BCUT2D eigenvalue weighted by Crippen LogP contribution is 2.21. The summed E-state index contributed by atoms with van der Waals surface area (Å²) in [5, 5.41) is 2.87. The van der Waals surface area contributed by atoms with Crippen molar-refractivity contribution >= 4 is 11.7 Å². The predicted molar refractivity (Wildman–Crippen MR) is 83.0 cm³/mol. The van der Waals surface area contributed by atoms with Gasteiger partial charge in [-0.15, -0.1) is 0 Å². The van der Waals surface area contributed by atoms with Crippen LogP contribution in [0.3, 0.4) is 0 Å². The number of anilines is 1. The van der Waals surface area contributed by atoms with Crippen LogP contribution in [0.5, 0.6) is 0 Å². The summed E-state index contributed by atoms with van der Waals surface area (Å²) in [6, 6.07) is 10.1. The summed E-state index contributed by atoms with van der Waals surface area (Å²) >= 11 is 0. The van der Waals surface area contributed by atoms with Gasteiger partial charge in [0.25, 0.3) is 0 Å². The molecule has 3 rings (SSSR count). The van der Waals surface area contributed by atoms with Gasteiger partial charge in [0.2, 0.25) is 0 Å². The van der Waals surface area contributed by atoms with Gasteiger partial charge in [-0.05, 0) is 48.6 Å². The van der Waals surface area contributed by atoms with E-state index >= 15 is 0 Å². The van der Waals surface area contributed by atoms with Crippen molar-refractivity contribution in [2.75, 3.05) is 18.4 Å². The van der Waals surface area contributed by atoms with Gasteiger partial charge in [0.1, 0.15) is 5.82 Å². The summed E-state index contributed by atoms with van der Waals surface area (Å²) in [7, 11) is 0. The normalized spacial score (nSPS) is 17.5. The molecule has 1 aliphatic rings. The second kappa shape index (κ2) is 6.56. The Balaban J connectivity index is 1.53. The molecule has 1 aliphatic heterocycles. The third-order valence-corrected chi connectivity index (χ3v) is 3.94. The molecular formula is C17H18FN3O. The van der Waals surface area contributed by atoms with E-state index in [1.54, 1.807) is 24.5 Å². The fraction of sp³-hybridized carbons (Fsp3) is 0.294. The summed E-state index contributed by atoms with van der Waals surface area (Å²) in [5.41, 5.74) is 1.87. The van der Waals surface area contributed by atoms with Gasteiger partial charge in [-0.3, -0.25) is 4.98 Å². The van der Waals surface area contributed by atoms with Crippen LogP contribution in [0.2, 0.25) is 0 Å². The summed E-state index contributed by atoms with van der Waals surface area (Å²) in [6.45, 7) is 1.48. The number of hydrogen-bond acceptors (Lipinski definition) is 2. The molecule has 2 aromatic rings. The van der Waals surface area contributed by atoms with Crippen LogP contribution < -0.4 is 5.32 Å². The van der Waals surface area contributed by atoms with Crippen LogP contribution in [0, 0.1) is 11.7 Å². The number of carbonyl (C=O) groups is 1. The van der Waals surface area contributed by atoms with Gasteiger partial charge in [0.15, 0.2) is 0 Å². The molecular weight excluding hydrogens is 281 g/mol. The SMILES string of the molecule is O=C(Nc1ccncc1)N1CCC(Cc2ccc(F)cc2)C1. The average molecular weight is 299 g/mol. The Morgan fingerprint density at radius 3 is 2.68 bits per heavy atom. The standard InChI is InChI=1S/C17H18FN3O/c18-15-3-1-13(2-4-15)11-14-7-10-21(12-14)17(22)20-16-5-8-19-9-6-16/h1-6,8-9,14H,7,10-12H2,(H,19,20,22). The van der Waals surface area contributed by atoms with E-state index in [0.29, 0.717) is 5.92 Å². The maximum atomic E-state index is 12.9. The number of amides is 2. The summed E-state index contributed by atoms with van der Waals surface area (Å²) in [6.07, 6.45) is 5.15. The molecule has 1 atom stereocenters. The smallest absolute Gasteiger partial charge is 0.321 e. The molecule has 1 fully saturated rings. The first-order chi connectivity index (χ1) is 10.7. The van der Waals surface area contributed by atoms with Crippen molar-refractivity contribution in [3.63, 3.8) is 0 Å². The van der Waals surface area contributed by atoms with E-state index in [0.717, 1.165) is 37.2 Å². The van der Waals surface area contributed by atoms with Gasteiger partial charge in [-0.1, -0.05) is 12.1 Å². The van der Waals surface area contributed by atoms with Crippen LogP contribution >= 0.6 is 0 Å². The van der Waals surface area contributed by atoms with E-state index in [9.17, 15) is 9.18 Å². The fourth-order valence-electron chi connectivity index (χ4n) is 2.78. The number of aromatic nitrogens is 1. The van der Waals surface area contributed by atoms with Crippen molar-refractivity contribution < 1.29 is 9.18 Å². The number of hydrogen-bond donors (Lipinski definition) is 1. The number of likely N-dealkylation sites (tertiary alicyclic amines) is 1. The van der Waals surface area contributed by atoms with Crippen LogP contribution in [0.25, 0.3) is 0 Å². The van der Waals surface area contributed by atoms with Crippen molar-refractivity contribution in [2.45, 2.75) is 12.8 Å². The number of carbonyl (C=O) groups excluding carboxylic acids is 1. The number of nitrogens with one attached hydrogen (secondary N) is 1. The van der Waals surface area contributed by atoms with E-state index in [2.05, 4.69) is 10.3 Å². The number of benzene rings is 1. The largest absolute Gasteiger partial charge is 0.324 e. The molecule has 5 heteroatoms. The minimum Gasteiger partial charge on any atom is -0.324 e. The first-order valence-electron chi connectivity index (χ1n) is 7.41. The zero-order valence-electron chi connectivity index (χ0n) is 12.2. The topological polar surface area (TPSA) is 45.2 Å². The van der Waals surface area contributed by atoms with Gasteiger partial charge >= 0.3 is 6.03 Å². The van der Waals surface area contributed by atoms with Crippen LogP contribution in [-0.4, -0.2) is 29.0 Å². The first kappa shape index (κ1) is 14.5. The molecule has 1 aromatic heterocycles. The molecule has 22 heavy (non-hydrogen) atoms. The number of rotatable bonds is 3. The third-order valence-electron chi connectivity index (χ3n) is 3.94. The molecule has 1 unspecified atom stereocenters. The minimum atomic E-state index is -0.214. The minimum absolute atomic E-state index is 0.0761. The fourth-order valence-corrected chi connectivity index (χ4v) is 2.78. The molecule has 0 spiro atoms. The number of urea groups is 1. The Morgan fingerprint density at radius 1 is 1.23 bits per heavy atom. The lowest BCUT2D eigenvalue weighted by molar-refractivity contribution is 0.221. The third kappa shape index (κ3) is 3.61. The lowest BCUT2D eigenvalue weighted by Gasteiger charge is -2.17. The molecule has 2 amide bonds. The lowest BCUT2D eigenvalue weighted by Crippen LogP contribution is -2.33. The van der Waals surface area contributed by atoms with Gasteiger partial charge in [0.05, 0.1) is 0 Å². The van der Waals surface area contributed by atoms with Crippen molar-refractivity contribution in [1.29, 1.82) is 0 Å². The quantitative estimate of drug-likeness (QED) is 0.945. The molecule has 0 bridgehead atoms. The highest BCUT2D eigenvalue weighted by atomic mass is 19.1. The van der Waals surface area contributed by atoms with Crippen molar-refractivity contribution in [1.82, 2.24) is 9.88 Å². The lowest BCUT2D eigenvalue weighted by atomic mass is 9.99. The first-order valence-corrected chi connectivity index (χ1v) is 7.41. The molecule has 0 aliphatic carbocycles. The number of halogens is 1. The molecule has 4 nitrogen and oxygen atoms in total. The van der Waals surface area contributed by atoms with Crippen LogP contribution in [0.15, 0.2) is 48.8 Å². The van der Waals surface area contributed by atoms with Gasteiger partial charge in [-0.2, -0.15) is 0 Å². The Labute approximate surface area is 129 Å². The number of nitrogens with zero attached hydrogens (tertiary/aromatic N) is 2. The summed E-state index contributed by atoms with van der Waals surface area (Å²) in [5.74, 6) is 0.210. The van der Waals surface area contributed by atoms with Crippen molar-refractivity contribution in [2.24, 2.45) is 5.92 Å². The zero-order chi connectivity index (χ0) is 15.4. The highest BCUT2D eigenvalue weighted by molar-refractivity contribution is 5.89. The van der Waals surface area contributed by atoms with E-state index in [-0.39, 0.29) is 11.8 Å². The molecule has 1 saturated heterocycles. The van der Waals surface area contributed by atoms with E-state index in [4.69, 9.17) is 0 Å². The highest BCUT2D eigenvalue weighted by Gasteiger charge is 2.26. The Morgan fingerprint density at radius 2 is 1.95 bits per heavy atom. The van der Waals surface area contributed by atoms with Crippen molar-refractivity contribution in [3.05, 3.63) is 60.2 Å². The Bertz CT molecular complexity index is 630. The monoisotopic (exact) mass is 299 g/mol. The van der Waals surface area contributed by atoms with Gasteiger partial charge in [-0.25, -0.2) is 9.18 Å². The van der Waals surface area contributed by atoms with E-state index in [1.807, 2.05) is 17.0 Å². The molecule has 0 saturated carbocycles. The van der Waals surface area contributed by atoms with Crippen LogP contribution in [0.1, 0.15) is 12.0 Å². The van der Waals surface area contributed by atoms with Crippen LogP contribution in [0.4, 0.5) is 14.9 Å². The molecule has 1 aromatic carbocycles. The van der Waals surface area contributed by atoms with Gasteiger partial charge < -0.3 is 10.2 Å². The Hall–Kier alpha value is -2.43. The molecule has 114 valence electrons. The second-order valence-corrected chi connectivity index (χ2v) is 5.60. The van der Waals surface area contributed by atoms with Crippen LogP contribution in [-0.2, 0) is 6.42 Å². The van der Waals surface area contributed by atoms with E-state index in [1.165, 1.54) is 12.1 Å². The average Bonchev–Trinajstić information content (AvgIpc) is 2.99. The van der Waals surface area contributed by atoms with E-state index < -0.39 is 0 Å². The molecule has 1 N–H and O–H groups in total. The molecule has 2 heterocycles. The predicted octanol–water partition coefficient (Wildman–Crippen LogP) is 3.32. The summed E-state index contributed by atoms with van der Waals surface area (Å²) in [4.78, 5) is 18.0. The molecule has 0 radical (unpaired) electrons. The summed E-state index contributed by atoms with van der Waals surface area (Å²) < 4.78 is 12.9. The maximum Gasteiger partial charge on any atom is 0.321 e.